The number of hydrogen-bond donors (Lipinski definition) is 1. The quantitative estimate of drug-likeness (QED) is 0.823. The van der Waals surface area contributed by atoms with Crippen LogP contribution in [-0.4, -0.2) is 15.7 Å². The zero-order valence-corrected chi connectivity index (χ0v) is 12.9. The van der Waals surface area contributed by atoms with Crippen molar-refractivity contribution in [1.82, 2.24) is 4.98 Å². The zero-order valence-electron chi connectivity index (χ0n) is 11.3. The number of carbonyl (C=O) groups excluding carboxylic acids is 1. The van der Waals surface area contributed by atoms with Crippen LogP contribution in [0.5, 0.6) is 11.5 Å². The zero-order chi connectivity index (χ0) is 15.2. The van der Waals surface area contributed by atoms with Gasteiger partial charge in [-0.2, -0.15) is 0 Å². The number of nitrogens with one attached hydrogen (secondary N) is 1. The Balaban J connectivity index is 1.98. The van der Waals surface area contributed by atoms with Crippen LogP contribution in [0.3, 0.4) is 0 Å². The molecule has 1 aromatic heterocycles. The third-order valence-electron chi connectivity index (χ3n) is 2.68. The molecule has 0 aliphatic rings. The number of amides is 1. The van der Waals surface area contributed by atoms with Gasteiger partial charge in [0.1, 0.15) is 23.1 Å². The molecule has 0 spiro atoms. The number of anilines is 1. The normalized spacial score (nSPS) is 11.8. The number of hydrogen-bond acceptors (Lipinski definition) is 3. The molecule has 0 bridgehead atoms. The minimum atomic E-state index is -0.321. The van der Waals surface area contributed by atoms with Crippen LogP contribution in [0.2, 0.25) is 0 Å². The number of halogens is 2. The van der Waals surface area contributed by atoms with E-state index in [1.54, 1.807) is 12.1 Å². The van der Waals surface area contributed by atoms with Gasteiger partial charge in [0.2, 0.25) is 5.91 Å². The van der Waals surface area contributed by atoms with Gasteiger partial charge in [0.25, 0.3) is 0 Å². The highest BCUT2D eigenvalue weighted by Crippen LogP contribution is 2.21. The lowest BCUT2D eigenvalue weighted by atomic mass is 10.3. The van der Waals surface area contributed by atoms with Gasteiger partial charge in [0.05, 0.1) is 11.0 Å². The van der Waals surface area contributed by atoms with Gasteiger partial charge in [-0.05, 0) is 42.8 Å². The van der Waals surface area contributed by atoms with Crippen LogP contribution in [0.15, 0.2) is 42.6 Å². The second kappa shape index (κ2) is 7.17. The lowest BCUT2D eigenvalue weighted by Gasteiger charge is -2.09. The third-order valence-corrected chi connectivity index (χ3v) is 3.74. The van der Waals surface area contributed by atoms with Crippen LogP contribution in [0, 0.1) is 5.82 Å². The lowest BCUT2D eigenvalue weighted by molar-refractivity contribution is -0.115. The Morgan fingerprint density at radius 1 is 1.29 bits per heavy atom. The highest BCUT2D eigenvalue weighted by atomic mass is 79.9. The smallest absolute Gasteiger partial charge is 0.239 e. The molecule has 1 atom stereocenters. The molecule has 2 rings (SSSR count). The van der Waals surface area contributed by atoms with E-state index in [1.807, 2.05) is 6.92 Å². The first-order chi connectivity index (χ1) is 10.1. The SMILES string of the molecule is CCC(Br)C(=O)Nc1ccc(Oc2ccc(F)cc2)cn1. The fourth-order valence-corrected chi connectivity index (χ4v) is 1.66. The summed E-state index contributed by atoms with van der Waals surface area (Å²) in [6.45, 7) is 1.91. The van der Waals surface area contributed by atoms with E-state index < -0.39 is 0 Å². The fourth-order valence-electron chi connectivity index (χ4n) is 1.54. The van der Waals surface area contributed by atoms with Gasteiger partial charge >= 0.3 is 0 Å². The van der Waals surface area contributed by atoms with Gasteiger partial charge in [-0.15, -0.1) is 0 Å². The predicted octanol–water partition coefficient (Wildman–Crippen LogP) is 4.13. The maximum atomic E-state index is 12.8. The maximum absolute atomic E-state index is 12.8. The monoisotopic (exact) mass is 352 g/mol. The number of alkyl halides is 1. The lowest BCUT2D eigenvalue weighted by Crippen LogP contribution is -2.22. The van der Waals surface area contributed by atoms with Crippen molar-refractivity contribution in [2.75, 3.05) is 5.32 Å². The van der Waals surface area contributed by atoms with Crippen LogP contribution >= 0.6 is 15.9 Å². The second-order valence-electron chi connectivity index (χ2n) is 4.30. The Hall–Kier alpha value is -1.95. The highest BCUT2D eigenvalue weighted by molar-refractivity contribution is 9.10. The Bertz CT molecular complexity index is 602. The average Bonchev–Trinajstić information content (AvgIpc) is 2.50. The van der Waals surface area contributed by atoms with Crippen molar-refractivity contribution in [1.29, 1.82) is 0 Å². The van der Waals surface area contributed by atoms with Crippen LogP contribution in [0.1, 0.15) is 13.3 Å². The minimum Gasteiger partial charge on any atom is -0.456 e. The molecular weight excluding hydrogens is 339 g/mol. The molecule has 0 radical (unpaired) electrons. The first-order valence-corrected chi connectivity index (χ1v) is 7.34. The Morgan fingerprint density at radius 2 is 1.95 bits per heavy atom. The second-order valence-corrected chi connectivity index (χ2v) is 5.41. The van der Waals surface area contributed by atoms with Crippen molar-refractivity contribution in [3.05, 3.63) is 48.4 Å². The number of benzene rings is 1. The molecule has 1 unspecified atom stereocenters. The Morgan fingerprint density at radius 3 is 2.52 bits per heavy atom. The van der Waals surface area contributed by atoms with Crippen LogP contribution < -0.4 is 10.1 Å². The van der Waals surface area contributed by atoms with Gasteiger partial charge in [-0.3, -0.25) is 4.79 Å². The van der Waals surface area contributed by atoms with Crippen LogP contribution in [0.4, 0.5) is 10.2 Å². The summed E-state index contributed by atoms with van der Waals surface area (Å²) < 4.78 is 18.3. The molecule has 21 heavy (non-hydrogen) atoms. The van der Waals surface area contributed by atoms with E-state index in [9.17, 15) is 9.18 Å². The van der Waals surface area contributed by atoms with Gasteiger partial charge in [-0.1, -0.05) is 22.9 Å². The highest BCUT2D eigenvalue weighted by Gasteiger charge is 2.12. The number of pyridine rings is 1. The van der Waals surface area contributed by atoms with Gasteiger partial charge in [-0.25, -0.2) is 9.37 Å². The molecule has 4 nitrogen and oxygen atoms in total. The summed E-state index contributed by atoms with van der Waals surface area (Å²) in [5.74, 6) is 1.01. The van der Waals surface area contributed by atoms with E-state index in [0.29, 0.717) is 23.7 Å². The van der Waals surface area contributed by atoms with E-state index in [4.69, 9.17) is 4.74 Å². The molecule has 1 aromatic carbocycles. The average molecular weight is 353 g/mol. The number of carbonyl (C=O) groups is 1. The molecule has 2 aromatic rings. The summed E-state index contributed by atoms with van der Waals surface area (Å²) in [6.07, 6.45) is 2.19. The molecule has 0 aliphatic carbocycles. The third kappa shape index (κ3) is 4.53. The molecule has 1 heterocycles. The van der Waals surface area contributed by atoms with E-state index in [2.05, 4.69) is 26.2 Å². The van der Waals surface area contributed by atoms with Crippen molar-refractivity contribution in [3.63, 3.8) is 0 Å². The molecule has 0 aliphatic heterocycles. The summed E-state index contributed by atoms with van der Waals surface area (Å²) in [6, 6.07) is 9.02. The standard InChI is InChI=1S/C15H14BrFN2O2/c1-2-13(16)15(20)19-14-8-7-12(9-18-14)21-11-5-3-10(17)4-6-11/h3-9,13H,2H2,1H3,(H,18,19,20). The molecule has 1 amide bonds. The first kappa shape index (κ1) is 15.4. The van der Waals surface area contributed by atoms with Gasteiger partial charge in [0, 0.05) is 0 Å². The van der Waals surface area contributed by atoms with Crippen molar-refractivity contribution < 1.29 is 13.9 Å². The summed E-state index contributed by atoms with van der Waals surface area (Å²) >= 11 is 3.27. The van der Waals surface area contributed by atoms with Gasteiger partial charge in [0.15, 0.2) is 0 Å². The fraction of sp³-hybridized carbons (Fsp3) is 0.200. The molecule has 0 saturated carbocycles. The van der Waals surface area contributed by atoms with E-state index in [-0.39, 0.29) is 16.6 Å². The topological polar surface area (TPSA) is 51.2 Å². The Labute approximate surface area is 130 Å². The van der Waals surface area contributed by atoms with Crippen molar-refractivity contribution in [2.24, 2.45) is 0 Å². The first-order valence-electron chi connectivity index (χ1n) is 6.43. The molecule has 110 valence electrons. The number of aromatic nitrogens is 1. The number of nitrogens with zero attached hydrogens (tertiary/aromatic N) is 1. The molecule has 6 heteroatoms. The summed E-state index contributed by atoms with van der Waals surface area (Å²) in [4.78, 5) is 15.5. The largest absolute Gasteiger partial charge is 0.456 e. The summed E-state index contributed by atoms with van der Waals surface area (Å²) in [5.41, 5.74) is 0. The summed E-state index contributed by atoms with van der Waals surface area (Å²) in [5, 5.41) is 2.69. The van der Waals surface area contributed by atoms with E-state index in [1.165, 1.54) is 30.5 Å². The summed E-state index contributed by atoms with van der Waals surface area (Å²) in [7, 11) is 0. The minimum absolute atomic E-state index is 0.141. The predicted molar refractivity (Wildman–Crippen MR) is 82.3 cm³/mol. The molecule has 1 N–H and O–H groups in total. The maximum Gasteiger partial charge on any atom is 0.239 e. The molecule has 0 fully saturated rings. The number of rotatable bonds is 5. The van der Waals surface area contributed by atoms with Crippen molar-refractivity contribution in [3.8, 4) is 11.5 Å². The van der Waals surface area contributed by atoms with Gasteiger partial charge < -0.3 is 10.1 Å². The van der Waals surface area contributed by atoms with Crippen LogP contribution in [0.25, 0.3) is 0 Å². The van der Waals surface area contributed by atoms with E-state index >= 15 is 0 Å². The Kier molecular flexibility index (Phi) is 5.27. The van der Waals surface area contributed by atoms with Crippen molar-refractivity contribution >= 4 is 27.7 Å². The molecule has 0 saturated heterocycles. The van der Waals surface area contributed by atoms with Crippen molar-refractivity contribution in [2.45, 2.75) is 18.2 Å². The van der Waals surface area contributed by atoms with Crippen LogP contribution in [-0.2, 0) is 4.79 Å². The van der Waals surface area contributed by atoms with E-state index in [0.717, 1.165) is 0 Å². The number of ether oxygens (including phenoxy) is 1. The molecular formula is C15H14BrFN2O2.